The van der Waals surface area contributed by atoms with Crippen LogP contribution in [0.5, 0.6) is 5.75 Å². The van der Waals surface area contributed by atoms with Gasteiger partial charge in [-0.2, -0.15) is 8.78 Å². The fourth-order valence-electron chi connectivity index (χ4n) is 4.27. The van der Waals surface area contributed by atoms with E-state index >= 15 is 4.39 Å². The highest BCUT2D eigenvalue weighted by Crippen LogP contribution is 2.47. The highest BCUT2D eigenvalue weighted by Gasteiger charge is 2.57. The second-order valence-electron chi connectivity index (χ2n) is 8.71. The molecule has 9 nitrogen and oxygen atoms in total. The minimum Gasteiger partial charge on any atom is -0.433 e. The molecular weight excluding hydrogens is 509 g/mol. The van der Waals surface area contributed by atoms with E-state index in [0.29, 0.717) is 13.0 Å². The Morgan fingerprint density at radius 3 is 2.71 bits per heavy atom. The molecule has 4 heterocycles. The van der Waals surface area contributed by atoms with Crippen LogP contribution >= 0.6 is 11.6 Å². The largest absolute Gasteiger partial charge is 0.433 e. The molecule has 0 aromatic carbocycles. The zero-order valence-corrected chi connectivity index (χ0v) is 20.5. The number of carbonyl (C=O) groups is 1. The normalized spacial score (nSPS) is 27.1. The molecule has 0 bridgehead atoms. The number of rotatable bonds is 5. The molecule has 4 rings (SSSR count). The first-order chi connectivity index (χ1) is 16.3. The van der Waals surface area contributed by atoms with Gasteiger partial charge in [-0.15, -0.1) is 0 Å². The number of aliphatic imine (C=N–C) groups is 1. The van der Waals surface area contributed by atoms with Gasteiger partial charge in [0, 0.05) is 12.6 Å². The molecule has 0 saturated heterocycles. The predicted molar refractivity (Wildman–Crippen MR) is 125 cm³/mol. The van der Waals surface area contributed by atoms with Crippen molar-refractivity contribution in [2.45, 2.75) is 49.3 Å². The van der Waals surface area contributed by atoms with Crippen LogP contribution in [0.25, 0.3) is 0 Å². The number of halogens is 4. The van der Waals surface area contributed by atoms with Crippen LogP contribution in [0, 0.1) is 5.82 Å². The van der Waals surface area contributed by atoms with Crippen molar-refractivity contribution in [1.29, 1.82) is 0 Å². The van der Waals surface area contributed by atoms with E-state index in [9.17, 15) is 17.8 Å². The number of hydrogen-bond donors (Lipinski definition) is 2. The molecule has 14 heteroatoms. The lowest BCUT2D eigenvalue weighted by molar-refractivity contribution is -0.0500. The van der Waals surface area contributed by atoms with Crippen LogP contribution in [-0.4, -0.2) is 49.1 Å². The van der Waals surface area contributed by atoms with Gasteiger partial charge in [-0.25, -0.2) is 22.9 Å². The Morgan fingerprint density at radius 2 is 2.06 bits per heavy atom. The quantitative estimate of drug-likeness (QED) is 0.605. The van der Waals surface area contributed by atoms with E-state index in [0.717, 1.165) is 18.3 Å². The number of anilines is 1. The highest BCUT2D eigenvalue weighted by atomic mass is 35.5. The van der Waals surface area contributed by atoms with Crippen LogP contribution < -0.4 is 15.8 Å². The van der Waals surface area contributed by atoms with Gasteiger partial charge in [0.2, 0.25) is 0 Å². The van der Waals surface area contributed by atoms with Crippen LogP contribution in [0.2, 0.25) is 5.02 Å². The second kappa shape index (κ2) is 8.63. The van der Waals surface area contributed by atoms with Gasteiger partial charge in [0.1, 0.15) is 44.9 Å². The summed E-state index contributed by atoms with van der Waals surface area (Å²) in [5, 5.41) is 1.56. The molecule has 3 N–H and O–H groups in total. The van der Waals surface area contributed by atoms with Gasteiger partial charge in [0.25, 0.3) is 5.91 Å². The molecule has 35 heavy (non-hydrogen) atoms. The number of fused-ring (bicyclic) bond motifs is 1. The molecule has 3 atom stereocenters. The Balaban J connectivity index is 1.69. The minimum absolute atomic E-state index is 0.0570. The molecule has 0 radical (unpaired) electrons. The lowest BCUT2D eigenvalue weighted by Gasteiger charge is -2.44. The lowest BCUT2D eigenvalue weighted by Crippen LogP contribution is -2.58. The van der Waals surface area contributed by atoms with E-state index in [2.05, 4.69) is 29.4 Å². The van der Waals surface area contributed by atoms with Crippen molar-refractivity contribution in [3.63, 3.8) is 0 Å². The van der Waals surface area contributed by atoms with Gasteiger partial charge < -0.3 is 15.8 Å². The third-order valence-electron chi connectivity index (χ3n) is 6.21. The van der Waals surface area contributed by atoms with Crippen molar-refractivity contribution in [1.82, 2.24) is 9.97 Å². The molecule has 1 unspecified atom stereocenters. The number of hydrogen-bond acceptors (Lipinski definition) is 8. The number of aromatic nitrogens is 2. The van der Waals surface area contributed by atoms with Crippen LogP contribution in [0.15, 0.2) is 33.8 Å². The lowest BCUT2D eigenvalue weighted by atomic mass is 9.89. The molecule has 0 aliphatic carbocycles. The summed E-state index contributed by atoms with van der Waals surface area (Å²) >= 11 is 5.99. The highest BCUT2D eigenvalue weighted by molar-refractivity contribution is 7.96. The maximum absolute atomic E-state index is 15.1. The molecular formula is C21H22ClF3N6O3S. The number of nitrogens with zero attached hydrogens (tertiary/aromatic N) is 4. The topological polar surface area (TPSA) is 132 Å². The van der Waals surface area contributed by atoms with E-state index in [1.54, 1.807) is 20.8 Å². The summed E-state index contributed by atoms with van der Waals surface area (Å²) in [4.78, 5) is 25.3. The van der Waals surface area contributed by atoms with Gasteiger partial charge in [0.05, 0.1) is 26.2 Å². The molecule has 0 saturated carbocycles. The van der Waals surface area contributed by atoms with E-state index < -0.39 is 43.6 Å². The average molecular weight is 531 g/mol. The number of nitrogens with one attached hydrogen (secondary N) is 1. The SMILES string of the molecule is CC1(C)C(N)=N[C@](C)(c2nc(NC(=O)c3ncc(OC(F)F)cc3Cl)ccc2F)[C@@H]2CCN=S21=O. The summed E-state index contributed by atoms with van der Waals surface area (Å²) in [5.74, 6) is -1.85. The van der Waals surface area contributed by atoms with Crippen molar-refractivity contribution in [2.24, 2.45) is 15.1 Å². The Labute approximate surface area is 204 Å². The average Bonchev–Trinajstić information content (AvgIpc) is 3.18. The molecule has 2 aromatic heterocycles. The van der Waals surface area contributed by atoms with Crippen molar-refractivity contribution in [3.05, 3.63) is 46.6 Å². The first-order valence-electron chi connectivity index (χ1n) is 10.5. The summed E-state index contributed by atoms with van der Waals surface area (Å²) in [5.41, 5.74) is 4.35. The summed E-state index contributed by atoms with van der Waals surface area (Å²) in [7, 11) is -2.91. The van der Waals surface area contributed by atoms with Gasteiger partial charge >= 0.3 is 6.61 Å². The van der Waals surface area contributed by atoms with Crippen molar-refractivity contribution >= 4 is 38.9 Å². The maximum atomic E-state index is 15.1. The Hall–Kier alpha value is -2.93. The van der Waals surface area contributed by atoms with Gasteiger partial charge in [-0.1, -0.05) is 11.6 Å². The number of nitrogens with two attached hydrogens (primary N) is 1. The number of alkyl halides is 2. The number of ether oxygens (including phenoxy) is 1. The number of amidine groups is 1. The Kier molecular flexibility index (Phi) is 6.20. The molecule has 0 spiro atoms. The van der Waals surface area contributed by atoms with E-state index in [1.165, 1.54) is 6.07 Å². The van der Waals surface area contributed by atoms with Crippen molar-refractivity contribution in [2.75, 3.05) is 11.9 Å². The van der Waals surface area contributed by atoms with Crippen LogP contribution in [0.4, 0.5) is 19.0 Å². The van der Waals surface area contributed by atoms with Crippen LogP contribution in [0.1, 0.15) is 43.4 Å². The zero-order chi connectivity index (χ0) is 25.8. The summed E-state index contributed by atoms with van der Waals surface area (Å²) in [6, 6.07) is 3.33. The van der Waals surface area contributed by atoms with E-state index in [-0.39, 0.29) is 33.8 Å². The van der Waals surface area contributed by atoms with E-state index in [4.69, 9.17) is 17.3 Å². The number of carbonyl (C=O) groups excluding carboxylic acids is 1. The zero-order valence-electron chi connectivity index (χ0n) is 18.9. The fraction of sp³-hybridized carbons (Fsp3) is 0.429. The molecule has 0 fully saturated rings. The monoisotopic (exact) mass is 530 g/mol. The standard InChI is InChI=1S/C21H22ClF3N6O3S/c1-20(2)18(26)31-21(3,13-6-7-28-35(13,20)33)16-12(23)4-5-14(29-16)30-17(32)15-11(22)8-10(9-27-15)34-19(24)25/h4-5,8-9,13,19H,6-7H2,1-3H3,(H2,26,31)(H,29,30,32)/t13-,21-,35?/m0/s1. The van der Waals surface area contributed by atoms with Crippen molar-refractivity contribution in [3.8, 4) is 5.75 Å². The second-order valence-corrected chi connectivity index (χ2v) is 12.1. The third kappa shape index (κ3) is 4.10. The summed E-state index contributed by atoms with van der Waals surface area (Å²) in [6.45, 7) is 2.23. The number of pyridine rings is 2. The van der Waals surface area contributed by atoms with Gasteiger partial charge in [-0.3, -0.25) is 9.79 Å². The molecule has 2 aromatic rings. The first-order valence-corrected chi connectivity index (χ1v) is 12.4. The third-order valence-corrected chi connectivity index (χ3v) is 10.2. The molecule has 2 aliphatic rings. The first kappa shape index (κ1) is 25.2. The van der Waals surface area contributed by atoms with E-state index in [1.807, 2.05) is 0 Å². The predicted octanol–water partition coefficient (Wildman–Crippen LogP) is 3.73. The summed E-state index contributed by atoms with van der Waals surface area (Å²) < 4.78 is 61.2. The number of amides is 1. The smallest absolute Gasteiger partial charge is 0.387 e. The Morgan fingerprint density at radius 1 is 1.34 bits per heavy atom. The molecule has 188 valence electrons. The molecule has 2 aliphatic heterocycles. The van der Waals surface area contributed by atoms with Crippen molar-refractivity contribution < 1.29 is 26.9 Å². The van der Waals surface area contributed by atoms with Crippen LogP contribution in [0.3, 0.4) is 0 Å². The van der Waals surface area contributed by atoms with Gasteiger partial charge in [0.15, 0.2) is 0 Å². The summed E-state index contributed by atoms with van der Waals surface area (Å²) in [6.07, 6.45) is 1.32. The Bertz CT molecular complexity index is 1360. The maximum Gasteiger partial charge on any atom is 0.387 e. The minimum atomic E-state index is -3.08. The van der Waals surface area contributed by atoms with Gasteiger partial charge in [-0.05, 0) is 39.3 Å². The van der Waals surface area contributed by atoms with Crippen LogP contribution in [-0.2, 0) is 15.3 Å². The fourth-order valence-corrected chi connectivity index (χ4v) is 7.66. The molecule has 1 amide bonds.